The number of rotatable bonds is 4. The molecule has 1 amide bonds. The largest absolute Gasteiger partial charge is 0.358 e. The van der Waals surface area contributed by atoms with Crippen LogP contribution in [-0.2, 0) is 17.6 Å². The van der Waals surface area contributed by atoms with Crippen molar-refractivity contribution in [2.75, 3.05) is 6.54 Å². The SMILES string of the molecule is CC(C)CCNC(=O)C1CCc2[nH]c3ccccc3c2C1. The van der Waals surface area contributed by atoms with E-state index in [9.17, 15) is 4.79 Å². The zero-order valence-electron chi connectivity index (χ0n) is 12.9. The molecular formula is C18H24N2O. The average molecular weight is 284 g/mol. The van der Waals surface area contributed by atoms with Crippen molar-refractivity contribution in [3.05, 3.63) is 35.5 Å². The van der Waals surface area contributed by atoms with E-state index in [4.69, 9.17) is 0 Å². The van der Waals surface area contributed by atoms with Gasteiger partial charge >= 0.3 is 0 Å². The fourth-order valence-electron chi connectivity index (χ4n) is 3.22. The molecule has 0 aliphatic heterocycles. The highest BCUT2D eigenvalue weighted by atomic mass is 16.1. The van der Waals surface area contributed by atoms with Crippen LogP contribution in [0.1, 0.15) is 37.9 Å². The Hall–Kier alpha value is -1.77. The molecule has 0 radical (unpaired) electrons. The Morgan fingerprint density at radius 1 is 1.38 bits per heavy atom. The highest BCUT2D eigenvalue weighted by Crippen LogP contribution is 2.31. The first-order valence-electron chi connectivity index (χ1n) is 8.01. The smallest absolute Gasteiger partial charge is 0.223 e. The van der Waals surface area contributed by atoms with Gasteiger partial charge in [0.05, 0.1) is 0 Å². The molecule has 1 unspecified atom stereocenters. The van der Waals surface area contributed by atoms with Crippen LogP contribution in [0.25, 0.3) is 10.9 Å². The van der Waals surface area contributed by atoms with Gasteiger partial charge in [-0.05, 0) is 43.2 Å². The lowest BCUT2D eigenvalue weighted by Gasteiger charge is -2.22. The quantitative estimate of drug-likeness (QED) is 0.887. The summed E-state index contributed by atoms with van der Waals surface area (Å²) in [7, 11) is 0. The molecule has 112 valence electrons. The Kier molecular flexibility index (Phi) is 4.00. The van der Waals surface area contributed by atoms with Crippen molar-refractivity contribution < 1.29 is 4.79 Å². The normalized spacial score (nSPS) is 18.0. The van der Waals surface area contributed by atoms with Crippen LogP contribution >= 0.6 is 0 Å². The first-order valence-corrected chi connectivity index (χ1v) is 8.01. The number of H-pyrrole nitrogens is 1. The Morgan fingerprint density at radius 2 is 2.19 bits per heavy atom. The molecule has 0 bridgehead atoms. The fourth-order valence-corrected chi connectivity index (χ4v) is 3.22. The number of para-hydroxylation sites is 1. The minimum Gasteiger partial charge on any atom is -0.358 e. The Bertz CT molecular complexity index is 642. The van der Waals surface area contributed by atoms with Crippen molar-refractivity contribution in [1.29, 1.82) is 0 Å². The van der Waals surface area contributed by atoms with Gasteiger partial charge < -0.3 is 10.3 Å². The molecule has 1 heterocycles. The minimum absolute atomic E-state index is 0.129. The number of amides is 1. The highest BCUT2D eigenvalue weighted by molar-refractivity contribution is 5.86. The van der Waals surface area contributed by atoms with Crippen molar-refractivity contribution >= 4 is 16.8 Å². The molecule has 3 nitrogen and oxygen atoms in total. The Labute approximate surface area is 126 Å². The van der Waals surface area contributed by atoms with Gasteiger partial charge in [0, 0.05) is 29.1 Å². The number of carbonyl (C=O) groups excluding carboxylic acids is 1. The van der Waals surface area contributed by atoms with E-state index in [1.54, 1.807) is 0 Å². The molecule has 0 spiro atoms. The number of aryl methyl sites for hydroxylation is 1. The average Bonchev–Trinajstić information content (AvgIpc) is 2.84. The zero-order chi connectivity index (χ0) is 14.8. The number of aromatic amines is 1. The summed E-state index contributed by atoms with van der Waals surface area (Å²) in [6, 6.07) is 8.40. The maximum Gasteiger partial charge on any atom is 0.223 e. The van der Waals surface area contributed by atoms with E-state index in [-0.39, 0.29) is 11.8 Å². The van der Waals surface area contributed by atoms with Gasteiger partial charge in [-0.3, -0.25) is 4.79 Å². The molecule has 1 aromatic heterocycles. The number of nitrogens with one attached hydrogen (secondary N) is 2. The van der Waals surface area contributed by atoms with Crippen molar-refractivity contribution in [1.82, 2.24) is 10.3 Å². The molecule has 2 aromatic rings. The molecule has 0 fully saturated rings. The molecule has 2 N–H and O–H groups in total. The molecule has 1 aliphatic rings. The number of benzene rings is 1. The van der Waals surface area contributed by atoms with Crippen LogP contribution in [0.2, 0.25) is 0 Å². The number of hydrogen-bond donors (Lipinski definition) is 2. The molecule has 1 aromatic carbocycles. The van der Waals surface area contributed by atoms with Crippen LogP contribution in [0.15, 0.2) is 24.3 Å². The van der Waals surface area contributed by atoms with Crippen molar-refractivity contribution in [2.45, 2.75) is 39.5 Å². The van der Waals surface area contributed by atoms with E-state index in [0.717, 1.165) is 32.2 Å². The number of hydrogen-bond acceptors (Lipinski definition) is 1. The van der Waals surface area contributed by atoms with E-state index >= 15 is 0 Å². The Balaban J connectivity index is 1.70. The third kappa shape index (κ3) is 2.97. The third-order valence-corrected chi connectivity index (χ3v) is 4.49. The molecular weight excluding hydrogens is 260 g/mol. The van der Waals surface area contributed by atoms with E-state index in [2.05, 4.69) is 48.4 Å². The lowest BCUT2D eigenvalue weighted by molar-refractivity contribution is -0.125. The van der Waals surface area contributed by atoms with Crippen LogP contribution in [0.3, 0.4) is 0 Å². The van der Waals surface area contributed by atoms with Gasteiger partial charge in [0.25, 0.3) is 0 Å². The predicted octanol–water partition coefficient (Wildman–Crippen LogP) is 3.44. The van der Waals surface area contributed by atoms with Crippen LogP contribution in [0, 0.1) is 11.8 Å². The maximum absolute atomic E-state index is 12.3. The van der Waals surface area contributed by atoms with Crippen molar-refractivity contribution in [3.8, 4) is 0 Å². The van der Waals surface area contributed by atoms with Gasteiger partial charge in [-0.25, -0.2) is 0 Å². The Morgan fingerprint density at radius 3 is 3.00 bits per heavy atom. The maximum atomic E-state index is 12.3. The van der Waals surface area contributed by atoms with E-state index in [0.29, 0.717) is 5.92 Å². The first-order chi connectivity index (χ1) is 10.1. The summed E-state index contributed by atoms with van der Waals surface area (Å²) in [5.41, 5.74) is 3.87. The second kappa shape index (κ2) is 5.92. The lowest BCUT2D eigenvalue weighted by atomic mass is 9.86. The lowest BCUT2D eigenvalue weighted by Crippen LogP contribution is -2.34. The third-order valence-electron chi connectivity index (χ3n) is 4.49. The van der Waals surface area contributed by atoms with Gasteiger partial charge in [-0.1, -0.05) is 32.0 Å². The summed E-state index contributed by atoms with van der Waals surface area (Å²) in [5.74, 6) is 0.993. The van der Waals surface area contributed by atoms with Gasteiger partial charge in [0.1, 0.15) is 0 Å². The number of fused-ring (bicyclic) bond motifs is 3. The van der Waals surface area contributed by atoms with Crippen LogP contribution in [0.5, 0.6) is 0 Å². The molecule has 1 aliphatic carbocycles. The molecule has 0 saturated carbocycles. The first kappa shape index (κ1) is 14.2. The fraction of sp³-hybridized carbons (Fsp3) is 0.500. The summed E-state index contributed by atoms with van der Waals surface area (Å²) in [5, 5.41) is 4.39. The van der Waals surface area contributed by atoms with Crippen LogP contribution in [0.4, 0.5) is 0 Å². The minimum atomic E-state index is 0.129. The van der Waals surface area contributed by atoms with E-state index in [1.807, 2.05) is 0 Å². The monoisotopic (exact) mass is 284 g/mol. The number of carbonyl (C=O) groups is 1. The standard InChI is InChI=1S/C18H24N2O/c1-12(2)9-10-19-18(21)13-7-8-17-15(11-13)14-5-3-4-6-16(14)20-17/h3-6,12-13,20H,7-11H2,1-2H3,(H,19,21). The number of aromatic nitrogens is 1. The molecule has 0 saturated heterocycles. The van der Waals surface area contributed by atoms with Crippen LogP contribution < -0.4 is 5.32 Å². The second-order valence-corrected chi connectivity index (χ2v) is 6.54. The van der Waals surface area contributed by atoms with Crippen molar-refractivity contribution in [2.24, 2.45) is 11.8 Å². The summed E-state index contributed by atoms with van der Waals surface area (Å²) >= 11 is 0. The van der Waals surface area contributed by atoms with Gasteiger partial charge in [-0.2, -0.15) is 0 Å². The van der Waals surface area contributed by atoms with Gasteiger partial charge in [0.2, 0.25) is 5.91 Å². The molecule has 21 heavy (non-hydrogen) atoms. The zero-order valence-corrected chi connectivity index (χ0v) is 12.9. The summed E-state index contributed by atoms with van der Waals surface area (Å²) in [6.07, 6.45) is 3.85. The van der Waals surface area contributed by atoms with Gasteiger partial charge in [-0.15, -0.1) is 0 Å². The van der Waals surface area contributed by atoms with Crippen molar-refractivity contribution in [3.63, 3.8) is 0 Å². The second-order valence-electron chi connectivity index (χ2n) is 6.54. The molecule has 3 rings (SSSR count). The van der Waals surface area contributed by atoms with Gasteiger partial charge in [0.15, 0.2) is 0 Å². The van der Waals surface area contributed by atoms with E-state index in [1.165, 1.54) is 22.2 Å². The predicted molar refractivity (Wildman–Crippen MR) is 86.3 cm³/mol. The summed E-state index contributed by atoms with van der Waals surface area (Å²) in [6.45, 7) is 5.17. The highest BCUT2D eigenvalue weighted by Gasteiger charge is 2.26. The summed E-state index contributed by atoms with van der Waals surface area (Å²) in [4.78, 5) is 15.8. The molecule has 1 atom stereocenters. The topological polar surface area (TPSA) is 44.9 Å². The summed E-state index contributed by atoms with van der Waals surface area (Å²) < 4.78 is 0. The van der Waals surface area contributed by atoms with E-state index < -0.39 is 0 Å². The van der Waals surface area contributed by atoms with Crippen LogP contribution in [-0.4, -0.2) is 17.4 Å². The molecule has 3 heteroatoms.